The number of nitrogens with one attached hydrogen (secondary N) is 1. The zero-order valence-electron chi connectivity index (χ0n) is 24.5. The molecule has 0 unspecified atom stereocenters. The van der Waals surface area contributed by atoms with Gasteiger partial charge < -0.3 is 10.2 Å². The number of benzene rings is 4. The molecule has 0 aliphatic rings. The molecule has 0 saturated heterocycles. The third kappa shape index (κ3) is 7.83. The Balaban J connectivity index is 1.82. The number of likely N-dealkylation sites (N-methyl/N-ethyl adjacent to an activating group) is 1. The summed E-state index contributed by atoms with van der Waals surface area (Å²) in [4.78, 5) is 29.5. The van der Waals surface area contributed by atoms with Gasteiger partial charge in [-0.3, -0.25) is 13.9 Å². The van der Waals surface area contributed by atoms with E-state index in [0.29, 0.717) is 28.4 Å². The van der Waals surface area contributed by atoms with Crippen molar-refractivity contribution in [1.82, 2.24) is 10.2 Å². The summed E-state index contributed by atoms with van der Waals surface area (Å²) >= 11 is 6.52. The molecule has 7 nitrogen and oxygen atoms in total. The van der Waals surface area contributed by atoms with E-state index in [1.807, 2.05) is 69.3 Å². The number of anilines is 1. The van der Waals surface area contributed by atoms with Crippen molar-refractivity contribution in [3.8, 4) is 0 Å². The fraction of sp³-hybridized carbons (Fsp3) is 0.235. The summed E-state index contributed by atoms with van der Waals surface area (Å²) in [6.45, 7) is 5.41. The summed E-state index contributed by atoms with van der Waals surface area (Å²) in [6, 6.07) is 29.0. The molecule has 0 saturated carbocycles. The molecule has 224 valence electrons. The van der Waals surface area contributed by atoms with Crippen molar-refractivity contribution in [1.29, 1.82) is 0 Å². The molecule has 4 rings (SSSR count). The van der Waals surface area contributed by atoms with Gasteiger partial charge in [-0.1, -0.05) is 96.0 Å². The molecule has 9 heteroatoms. The summed E-state index contributed by atoms with van der Waals surface area (Å²) in [6.07, 6.45) is 0.234. The number of carbonyl (C=O) groups is 2. The first-order valence-corrected chi connectivity index (χ1v) is 15.9. The number of hydrogen-bond acceptors (Lipinski definition) is 4. The van der Waals surface area contributed by atoms with Gasteiger partial charge in [0.05, 0.1) is 10.6 Å². The summed E-state index contributed by atoms with van der Waals surface area (Å²) in [5.74, 6) is -0.873. The van der Waals surface area contributed by atoms with Gasteiger partial charge in [-0.05, 0) is 61.7 Å². The number of amides is 2. The molecule has 0 spiro atoms. The predicted octanol–water partition coefficient (Wildman–Crippen LogP) is 5.93. The Morgan fingerprint density at radius 3 is 2.12 bits per heavy atom. The van der Waals surface area contributed by atoms with Gasteiger partial charge in [0.15, 0.2) is 0 Å². The first-order chi connectivity index (χ1) is 20.6. The van der Waals surface area contributed by atoms with E-state index in [4.69, 9.17) is 11.6 Å². The lowest BCUT2D eigenvalue weighted by Crippen LogP contribution is -2.53. The van der Waals surface area contributed by atoms with Gasteiger partial charge in [-0.25, -0.2) is 8.42 Å². The van der Waals surface area contributed by atoms with Crippen LogP contribution in [0, 0.1) is 13.8 Å². The van der Waals surface area contributed by atoms with E-state index in [2.05, 4.69) is 5.32 Å². The molecule has 1 N–H and O–H groups in total. The maximum atomic E-state index is 14.4. The number of sulfonamides is 1. The Morgan fingerprint density at radius 1 is 0.860 bits per heavy atom. The first kappa shape index (κ1) is 31.8. The Hall–Kier alpha value is -4.14. The van der Waals surface area contributed by atoms with Gasteiger partial charge in [0, 0.05) is 24.5 Å². The minimum absolute atomic E-state index is 0.0131. The lowest BCUT2D eigenvalue weighted by molar-refractivity contribution is -0.140. The highest BCUT2D eigenvalue weighted by molar-refractivity contribution is 7.92. The van der Waals surface area contributed by atoms with E-state index in [9.17, 15) is 18.0 Å². The van der Waals surface area contributed by atoms with Crippen molar-refractivity contribution in [2.24, 2.45) is 0 Å². The van der Waals surface area contributed by atoms with Gasteiger partial charge in [-0.15, -0.1) is 0 Å². The topological polar surface area (TPSA) is 86.8 Å². The predicted molar refractivity (Wildman–Crippen MR) is 172 cm³/mol. The smallest absolute Gasteiger partial charge is 0.264 e. The summed E-state index contributed by atoms with van der Waals surface area (Å²) in [5.41, 5.74) is 3.56. The van der Waals surface area contributed by atoms with Crippen molar-refractivity contribution in [2.75, 3.05) is 17.4 Å². The molecular formula is C34H36ClN3O4S. The van der Waals surface area contributed by atoms with Gasteiger partial charge in [0.2, 0.25) is 11.8 Å². The molecule has 4 aromatic rings. The third-order valence-electron chi connectivity index (χ3n) is 7.15. The first-order valence-electron chi connectivity index (χ1n) is 14.1. The molecule has 1 atom stereocenters. The second-order valence-corrected chi connectivity index (χ2v) is 12.6. The molecule has 0 bridgehead atoms. The number of hydrogen-bond donors (Lipinski definition) is 1. The molecule has 0 radical (unpaired) electrons. The monoisotopic (exact) mass is 617 g/mol. The van der Waals surface area contributed by atoms with Crippen molar-refractivity contribution in [3.63, 3.8) is 0 Å². The van der Waals surface area contributed by atoms with Crippen LogP contribution in [-0.4, -0.2) is 44.3 Å². The fourth-order valence-electron chi connectivity index (χ4n) is 4.97. The number of carbonyl (C=O) groups excluding carboxylic acids is 2. The van der Waals surface area contributed by atoms with Gasteiger partial charge in [0.1, 0.15) is 12.6 Å². The lowest BCUT2D eigenvalue weighted by atomic mass is 10.0. The van der Waals surface area contributed by atoms with Crippen molar-refractivity contribution < 1.29 is 18.0 Å². The van der Waals surface area contributed by atoms with E-state index in [1.54, 1.807) is 42.5 Å². The standard InChI is InChI=1S/C34H36ClN3O4S/c1-4-36-34(40)32(22-27-13-7-5-8-14-27)37(23-28-15-11-12-18-30(28)35)33(39)24-38(31-20-19-25(2)21-26(31)3)43(41,42)29-16-9-6-10-17-29/h5-21,32H,4,22-24H2,1-3H3,(H,36,40)/t32-/m1/s1. The molecular weight excluding hydrogens is 582 g/mol. The van der Waals surface area contributed by atoms with E-state index in [0.717, 1.165) is 15.4 Å². The number of rotatable bonds is 12. The summed E-state index contributed by atoms with van der Waals surface area (Å²) in [5, 5.41) is 3.30. The Bertz CT molecular complexity index is 1660. The van der Waals surface area contributed by atoms with Crippen molar-refractivity contribution in [2.45, 2.75) is 44.7 Å². The highest BCUT2D eigenvalue weighted by Crippen LogP contribution is 2.29. The van der Waals surface area contributed by atoms with E-state index in [-0.39, 0.29) is 23.8 Å². The molecule has 0 aliphatic heterocycles. The summed E-state index contributed by atoms with van der Waals surface area (Å²) in [7, 11) is -4.15. The maximum absolute atomic E-state index is 14.4. The third-order valence-corrected chi connectivity index (χ3v) is 9.29. The highest BCUT2D eigenvalue weighted by Gasteiger charge is 2.35. The minimum atomic E-state index is -4.15. The van der Waals surface area contributed by atoms with Crippen LogP contribution in [0.2, 0.25) is 5.02 Å². The molecule has 4 aromatic carbocycles. The molecule has 0 heterocycles. The van der Waals surface area contributed by atoms with Crippen molar-refractivity contribution in [3.05, 3.63) is 130 Å². The minimum Gasteiger partial charge on any atom is -0.355 e. The zero-order chi connectivity index (χ0) is 31.0. The SMILES string of the molecule is CCNC(=O)[C@@H](Cc1ccccc1)N(Cc1ccccc1Cl)C(=O)CN(c1ccc(C)cc1C)S(=O)(=O)c1ccccc1. The van der Waals surface area contributed by atoms with E-state index in [1.165, 1.54) is 17.0 Å². The zero-order valence-corrected chi connectivity index (χ0v) is 26.1. The lowest BCUT2D eigenvalue weighted by Gasteiger charge is -2.34. The van der Waals surface area contributed by atoms with Gasteiger partial charge >= 0.3 is 0 Å². The summed E-state index contributed by atoms with van der Waals surface area (Å²) < 4.78 is 29.3. The Kier molecular flexibility index (Phi) is 10.6. The largest absolute Gasteiger partial charge is 0.355 e. The van der Waals surface area contributed by atoms with Crippen LogP contribution in [0.25, 0.3) is 0 Å². The normalized spacial score (nSPS) is 11.9. The highest BCUT2D eigenvalue weighted by atomic mass is 35.5. The van der Waals surface area contributed by atoms with Crippen molar-refractivity contribution >= 4 is 39.1 Å². The van der Waals surface area contributed by atoms with Gasteiger partial charge in [-0.2, -0.15) is 0 Å². The van der Waals surface area contributed by atoms with Crippen LogP contribution in [0.1, 0.15) is 29.2 Å². The number of aryl methyl sites for hydroxylation is 2. The van der Waals surface area contributed by atoms with E-state index >= 15 is 0 Å². The van der Waals surface area contributed by atoms with Crippen LogP contribution in [-0.2, 0) is 32.6 Å². The second kappa shape index (κ2) is 14.4. The fourth-order valence-corrected chi connectivity index (χ4v) is 6.67. The van der Waals surface area contributed by atoms with Crippen LogP contribution in [0.4, 0.5) is 5.69 Å². The average molecular weight is 618 g/mol. The molecule has 0 aliphatic carbocycles. The quantitative estimate of drug-likeness (QED) is 0.214. The van der Waals surface area contributed by atoms with Gasteiger partial charge in [0.25, 0.3) is 10.0 Å². The molecule has 0 fully saturated rings. The maximum Gasteiger partial charge on any atom is 0.264 e. The Morgan fingerprint density at radius 2 is 1.49 bits per heavy atom. The van der Waals surface area contributed by atoms with Crippen LogP contribution in [0.5, 0.6) is 0 Å². The van der Waals surface area contributed by atoms with Crippen LogP contribution in [0.3, 0.4) is 0 Å². The molecule has 2 amide bonds. The van der Waals surface area contributed by atoms with Crippen LogP contribution in [0.15, 0.2) is 108 Å². The second-order valence-electron chi connectivity index (χ2n) is 10.3. The van der Waals surface area contributed by atoms with Crippen LogP contribution >= 0.6 is 11.6 Å². The number of nitrogens with zero attached hydrogens (tertiary/aromatic N) is 2. The molecule has 43 heavy (non-hydrogen) atoms. The molecule has 0 aromatic heterocycles. The Labute approximate surface area is 259 Å². The average Bonchev–Trinajstić information content (AvgIpc) is 3.00. The number of halogens is 1. The van der Waals surface area contributed by atoms with E-state index < -0.39 is 28.5 Å². The van der Waals surface area contributed by atoms with Crippen LogP contribution < -0.4 is 9.62 Å².